The van der Waals surface area contributed by atoms with Crippen LogP contribution in [0.3, 0.4) is 0 Å². The SMILES string of the molecule is CCC(OC(=O)c1ccc2nc[nH]c2c1)C(=O)Nc1ccc(C)c(Cl)c1. The second kappa shape index (κ2) is 7.58. The Hall–Kier alpha value is -2.86. The number of carbonyl (C=O) groups is 2. The number of fused-ring (bicyclic) bond motifs is 1. The Labute approximate surface area is 155 Å². The van der Waals surface area contributed by atoms with Gasteiger partial charge in [-0.05, 0) is 49.2 Å². The highest BCUT2D eigenvalue weighted by molar-refractivity contribution is 6.31. The van der Waals surface area contributed by atoms with E-state index in [2.05, 4.69) is 15.3 Å². The third kappa shape index (κ3) is 3.86. The average molecular weight is 372 g/mol. The number of halogens is 1. The summed E-state index contributed by atoms with van der Waals surface area (Å²) >= 11 is 6.07. The Morgan fingerprint density at radius 1 is 1.27 bits per heavy atom. The second-order valence-electron chi connectivity index (χ2n) is 5.89. The first kappa shape index (κ1) is 17.9. The highest BCUT2D eigenvalue weighted by atomic mass is 35.5. The number of amides is 1. The summed E-state index contributed by atoms with van der Waals surface area (Å²) < 4.78 is 5.38. The first-order chi connectivity index (χ1) is 12.5. The molecule has 3 rings (SSSR count). The molecule has 0 aliphatic carbocycles. The van der Waals surface area contributed by atoms with Gasteiger partial charge in [0.15, 0.2) is 6.10 Å². The number of aryl methyl sites for hydroxylation is 1. The van der Waals surface area contributed by atoms with Crippen LogP contribution in [0, 0.1) is 6.92 Å². The van der Waals surface area contributed by atoms with Crippen molar-refractivity contribution in [3.05, 3.63) is 58.9 Å². The summed E-state index contributed by atoms with van der Waals surface area (Å²) in [5.41, 5.74) is 3.30. The number of nitrogens with zero attached hydrogens (tertiary/aromatic N) is 1. The number of aromatic nitrogens is 2. The number of H-pyrrole nitrogens is 1. The standard InChI is InChI=1S/C19H18ClN3O3/c1-3-17(18(24)23-13-6-4-11(2)14(20)9-13)26-19(25)12-5-7-15-16(8-12)22-10-21-15/h4-10,17H,3H2,1-2H3,(H,21,22)(H,23,24). The zero-order valence-corrected chi connectivity index (χ0v) is 15.1. The van der Waals surface area contributed by atoms with Crippen LogP contribution in [-0.4, -0.2) is 27.9 Å². The van der Waals surface area contributed by atoms with E-state index in [4.69, 9.17) is 16.3 Å². The van der Waals surface area contributed by atoms with Gasteiger partial charge >= 0.3 is 5.97 Å². The maximum Gasteiger partial charge on any atom is 0.338 e. The fraction of sp³-hybridized carbons (Fsp3) is 0.211. The molecule has 3 aromatic rings. The number of anilines is 1. The average Bonchev–Trinajstić information content (AvgIpc) is 3.10. The van der Waals surface area contributed by atoms with Gasteiger partial charge in [-0.25, -0.2) is 9.78 Å². The number of benzene rings is 2. The lowest BCUT2D eigenvalue weighted by Crippen LogP contribution is -2.32. The molecule has 0 bridgehead atoms. The zero-order chi connectivity index (χ0) is 18.7. The van der Waals surface area contributed by atoms with Crippen LogP contribution in [0.15, 0.2) is 42.7 Å². The first-order valence-electron chi connectivity index (χ1n) is 8.19. The number of imidazole rings is 1. The van der Waals surface area contributed by atoms with Crippen molar-refractivity contribution in [2.24, 2.45) is 0 Å². The molecule has 0 fully saturated rings. The molecule has 0 aliphatic heterocycles. The predicted molar refractivity (Wildman–Crippen MR) is 100 cm³/mol. The van der Waals surface area contributed by atoms with E-state index < -0.39 is 18.0 Å². The molecule has 0 aliphatic rings. The first-order valence-corrected chi connectivity index (χ1v) is 8.57. The van der Waals surface area contributed by atoms with Gasteiger partial charge in [-0.3, -0.25) is 4.79 Å². The quantitative estimate of drug-likeness (QED) is 0.661. The van der Waals surface area contributed by atoms with E-state index in [0.717, 1.165) is 16.6 Å². The van der Waals surface area contributed by atoms with Gasteiger partial charge < -0.3 is 15.0 Å². The van der Waals surface area contributed by atoms with E-state index >= 15 is 0 Å². The van der Waals surface area contributed by atoms with E-state index in [0.29, 0.717) is 22.7 Å². The predicted octanol–water partition coefficient (Wildman–Crippen LogP) is 4.10. The van der Waals surface area contributed by atoms with Crippen LogP contribution in [0.2, 0.25) is 5.02 Å². The largest absolute Gasteiger partial charge is 0.449 e. The van der Waals surface area contributed by atoms with Crippen LogP contribution in [0.5, 0.6) is 0 Å². The van der Waals surface area contributed by atoms with Crippen molar-refractivity contribution in [3.63, 3.8) is 0 Å². The summed E-state index contributed by atoms with van der Waals surface area (Å²) in [4.78, 5) is 31.8. The third-order valence-corrected chi connectivity index (χ3v) is 4.42. The number of nitrogens with one attached hydrogen (secondary N) is 2. The normalized spacial score (nSPS) is 12.0. The molecule has 0 saturated heterocycles. The molecule has 0 saturated carbocycles. The number of carbonyl (C=O) groups excluding carboxylic acids is 2. The van der Waals surface area contributed by atoms with Crippen LogP contribution in [-0.2, 0) is 9.53 Å². The maximum absolute atomic E-state index is 12.4. The van der Waals surface area contributed by atoms with E-state index in [1.807, 2.05) is 13.0 Å². The van der Waals surface area contributed by atoms with Crippen LogP contribution in [0.25, 0.3) is 11.0 Å². The molecule has 7 heteroatoms. The molecule has 1 amide bonds. The molecule has 26 heavy (non-hydrogen) atoms. The summed E-state index contributed by atoms with van der Waals surface area (Å²) in [6.45, 7) is 3.65. The Morgan fingerprint density at radius 3 is 2.81 bits per heavy atom. The molecule has 6 nitrogen and oxygen atoms in total. The fourth-order valence-electron chi connectivity index (χ4n) is 2.48. The molecular formula is C19H18ClN3O3. The number of rotatable bonds is 5. The van der Waals surface area contributed by atoms with Crippen molar-refractivity contribution in [1.82, 2.24) is 9.97 Å². The smallest absolute Gasteiger partial charge is 0.338 e. The number of ether oxygens (including phenoxy) is 1. The highest BCUT2D eigenvalue weighted by Gasteiger charge is 2.22. The van der Waals surface area contributed by atoms with Crippen LogP contribution in [0.1, 0.15) is 29.3 Å². The van der Waals surface area contributed by atoms with Crippen molar-refractivity contribution in [3.8, 4) is 0 Å². The minimum atomic E-state index is -0.903. The molecule has 134 valence electrons. The lowest BCUT2D eigenvalue weighted by Gasteiger charge is -2.16. The molecule has 0 radical (unpaired) electrons. The van der Waals surface area contributed by atoms with E-state index in [1.165, 1.54) is 0 Å². The molecule has 2 aromatic carbocycles. The minimum Gasteiger partial charge on any atom is -0.449 e. The lowest BCUT2D eigenvalue weighted by molar-refractivity contribution is -0.124. The van der Waals surface area contributed by atoms with Crippen LogP contribution < -0.4 is 5.32 Å². The van der Waals surface area contributed by atoms with Gasteiger partial charge in [0.25, 0.3) is 5.91 Å². The van der Waals surface area contributed by atoms with Crippen molar-refractivity contribution >= 4 is 40.2 Å². The highest BCUT2D eigenvalue weighted by Crippen LogP contribution is 2.21. The van der Waals surface area contributed by atoms with E-state index in [-0.39, 0.29) is 0 Å². The van der Waals surface area contributed by atoms with E-state index in [1.54, 1.807) is 43.6 Å². The minimum absolute atomic E-state index is 0.351. The van der Waals surface area contributed by atoms with Crippen molar-refractivity contribution in [2.45, 2.75) is 26.4 Å². The topological polar surface area (TPSA) is 84.1 Å². The Kier molecular flexibility index (Phi) is 5.23. The Morgan fingerprint density at radius 2 is 2.08 bits per heavy atom. The monoisotopic (exact) mass is 371 g/mol. The molecule has 1 heterocycles. The Balaban J connectivity index is 1.70. The second-order valence-corrected chi connectivity index (χ2v) is 6.30. The molecule has 2 N–H and O–H groups in total. The van der Waals surface area contributed by atoms with Gasteiger partial charge in [-0.15, -0.1) is 0 Å². The van der Waals surface area contributed by atoms with Crippen molar-refractivity contribution in [1.29, 1.82) is 0 Å². The fourth-order valence-corrected chi connectivity index (χ4v) is 2.66. The molecule has 1 aromatic heterocycles. The van der Waals surface area contributed by atoms with Gasteiger partial charge in [0, 0.05) is 10.7 Å². The summed E-state index contributed by atoms with van der Waals surface area (Å²) in [5.74, 6) is -0.964. The molecule has 1 unspecified atom stereocenters. The third-order valence-electron chi connectivity index (χ3n) is 4.01. The van der Waals surface area contributed by atoms with Crippen molar-refractivity contribution in [2.75, 3.05) is 5.32 Å². The van der Waals surface area contributed by atoms with Gasteiger partial charge in [-0.2, -0.15) is 0 Å². The number of esters is 1. The lowest BCUT2D eigenvalue weighted by atomic mass is 10.2. The Bertz CT molecular complexity index is 968. The molecular weight excluding hydrogens is 354 g/mol. The summed E-state index contributed by atoms with van der Waals surface area (Å²) in [7, 11) is 0. The summed E-state index contributed by atoms with van der Waals surface area (Å²) in [6.07, 6.45) is 0.998. The van der Waals surface area contributed by atoms with Gasteiger partial charge in [0.05, 0.1) is 22.9 Å². The number of aromatic amines is 1. The summed E-state index contributed by atoms with van der Waals surface area (Å²) in [6, 6.07) is 10.2. The number of hydrogen-bond acceptors (Lipinski definition) is 4. The van der Waals surface area contributed by atoms with E-state index in [9.17, 15) is 9.59 Å². The zero-order valence-electron chi connectivity index (χ0n) is 14.4. The molecule has 0 spiro atoms. The molecule has 1 atom stereocenters. The number of hydrogen-bond donors (Lipinski definition) is 2. The van der Waals surface area contributed by atoms with Crippen molar-refractivity contribution < 1.29 is 14.3 Å². The maximum atomic E-state index is 12.4. The van der Waals surface area contributed by atoms with Crippen LogP contribution in [0.4, 0.5) is 5.69 Å². The van der Waals surface area contributed by atoms with Gasteiger partial charge in [-0.1, -0.05) is 24.6 Å². The van der Waals surface area contributed by atoms with Crippen LogP contribution >= 0.6 is 11.6 Å². The van der Waals surface area contributed by atoms with Gasteiger partial charge in [0.2, 0.25) is 0 Å². The summed E-state index contributed by atoms with van der Waals surface area (Å²) in [5, 5.41) is 3.28. The van der Waals surface area contributed by atoms with Gasteiger partial charge in [0.1, 0.15) is 0 Å².